The fourth-order valence-corrected chi connectivity index (χ4v) is 5.42. The first-order valence-electron chi connectivity index (χ1n) is 11.4. The number of unbranched alkanes of at least 4 members (excludes halogenated alkanes) is 1. The topological polar surface area (TPSA) is 0 Å². The predicted octanol–water partition coefficient (Wildman–Crippen LogP) is 8.32. The molecular formula is C25H35F3. The molecule has 0 spiro atoms. The quantitative estimate of drug-likeness (QED) is 0.323. The van der Waals surface area contributed by atoms with Crippen LogP contribution in [0.4, 0.5) is 13.2 Å². The molecule has 28 heavy (non-hydrogen) atoms. The van der Waals surface area contributed by atoms with E-state index in [4.69, 9.17) is 0 Å². The molecule has 2 fully saturated rings. The third-order valence-corrected chi connectivity index (χ3v) is 7.17. The molecule has 3 heteroatoms. The molecule has 0 bridgehead atoms. The molecule has 0 aromatic heterocycles. The minimum Gasteiger partial charge on any atom is -0.204 e. The van der Waals surface area contributed by atoms with E-state index in [-0.39, 0.29) is 5.92 Å². The highest BCUT2D eigenvalue weighted by Gasteiger charge is 2.31. The van der Waals surface area contributed by atoms with Crippen molar-refractivity contribution >= 4 is 0 Å². The molecule has 2 aliphatic carbocycles. The van der Waals surface area contributed by atoms with Gasteiger partial charge in [-0.15, -0.1) is 0 Å². The van der Waals surface area contributed by atoms with Crippen molar-refractivity contribution in [3.05, 3.63) is 47.3 Å². The van der Waals surface area contributed by atoms with Crippen LogP contribution in [0.5, 0.6) is 0 Å². The highest BCUT2D eigenvalue weighted by molar-refractivity contribution is 5.23. The van der Waals surface area contributed by atoms with E-state index in [1.54, 1.807) is 0 Å². The van der Waals surface area contributed by atoms with Crippen LogP contribution < -0.4 is 0 Å². The second-order valence-corrected chi connectivity index (χ2v) is 9.03. The van der Waals surface area contributed by atoms with Gasteiger partial charge in [-0.3, -0.25) is 0 Å². The summed E-state index contributed by atoms with van der Waals surface area (Å²) >= 11 is 0. The van der Waals surface area contributed by atoms with Gasteiger partial charge < -0.3 is 0 Å². The van der Waals surface area contributed by atoms with E-state index in [2.05, 4.69) is 19.1 Å². The second-order valence-electron chi connectivity index (χ2n) is 9.03. The van der Waals surface area contributed by atoms with Crippen LogP contribution in [0.1, 0.15) is 95.5 Å². The average Bonchev–Trinajstić information content (AvgIpc) is 2.72. The number of benzene rings is 1. The lowest BCUT2D eigenvalue weighted by Gasteiger charge is -2.38. The van der Waals surface area contributed by atoms with Gasteiger partial charge in [0, 0.05) is 0 Å². The van der Waals surface area contributed by atoms with Gasteiger partial charge in [-0.25, -0.2) is 13.2 Å². The predicted molar refractivity (Wildman–Crippen MR) is 110 cm³/mol. The molecule has 1 aromatic carbocycles. The Morgan fingerprint density at radius 2 is 1.32 bits per heavy atom. The third-order valence-electron chi connectivity index (χ3n) is 7.17. The van der Waals surface area contributed by atoms with E-state index >= 15 is 0 Å². The van der Waals surface area contributed by atoms with Gasteiger partial charge in [-0.2, -0.15) is 0 Å². The minimum absolute atomic E-state index is 0.173. The minimum atomic E-state index is -1.35. The van der Waals surface area contributed by atoms with Gasteiger partial charge in [0.05, 0.1) is 0 Å². The molecule has 0 atom stereocenters. The number of halogens is 3. The Labute approximate surface area is 168 Å². The highest BCUT2D eigenvalue weighted by atomic mass is 19.2. The first-order chi connectivity index (χ1) is 13.6. The lowest BCUT2D eigenvalue weighted by Crippen LogP contribution is -2.25. The summed E-state index contributed by atoms with van der Waals surface area (Å²) in [6.45, 7) is 2.22. The van der Waals surface area contributed by atoms with E-state index in [0.717, 1.165) is 43.4 Å². The van der Waals surface area contributed by atoms with Crippen LogP contribution in [0.15, 0.2) is 24.3 Å². The molecular weight excluding hydrogens is 357 g/mol. The van der Waals surface area contributed by atoms with Crippen molar-refractivity contribution in [2.24, 2.45) is 17.8 Å². The largest absolute Gasteiger partial charge is 0.204 e. The molecule has 0 unspecified atom stereocenters. The van der Waals surface area contributed by atoms with Gasteiger partial charge in [0.15, 0.2) is 17.5 Å². The summed E-state index contributed by atoms with van der Waals surface area (Å²) in [7, 11) is 0. The number of hydrogen-bond donors (Lipinski definition) is 0. The standard InChI is InChI=1S/C25H35F3/c1-2-3-4-5-6-7-18-8-10-19(11-9-18)20-12-14-21(15-13-20)22-16-23(26)25(28)24(27)17-22/h4-5,16-21H,2-3,6-15H2,1H3. The summed E-state index contributed by atoms with van der Waals surface area (Å²) in [5.41, 5.74) is 0.634. The fourth-order valence-electron chi connectivity index (χ4n) is 5.42. The molecule has 0 heterocycles. The first kappa shape index (κ1) is 21.5. The zero-order valence-corrected chi connectivity index (χ0v) is 17.2. The number of rotatable bonds is 7. The Bertz CT molecular complexity index is 612. The van der Waals surface area contributed by atoms with E-state index < -0.39 is 17.5 Å². The Hall–Kier alpha value is -1.25. The molecule has 0 radical (unpaired) electrons. The average molecular weight is 393 g/mol. The SMILES string of the molecule is CCCC=CCCC1CCC(C2CCC(c3cc(F)c(F)c(F)c3)CC2)CC1. The van der Waals surface area contributed by atoms with Crippen LogP contribution in [0, 0.1) is 35.2 Å². The van der Waals surface area contributed by atoms with Gasteiger partial charge in [-0.05, 0) is 99.2 Å². The zero-order valence-electron chi connectivity index (χ0n) is 17.2. The van der Waals surface area contributed by atoms with Crippen LogP contribution in [0.2, 0.25) is 0 Å². The summed E-state index contributed by atoms with van der Waals surface area (Å²) in [5.74, 6) is -0.808. The van der Waals surface area contributed by atoms with E-state index in [9.17, 15) is 13.2 Å². The van der Waals surface area contributed by atoms with Crippen molar-refractivity contribution in [1.29, 1.82) is 0 Å². The van der Waals surface area contributed by atoms with Crippen LogP contribution in [-0.4, -0.2) is 0 Å². The van der Waals surface area contributed by atoms with Crippen molar-refractivity contribution in [3.63, 3.8) is 0 Å². The lowest BCUT2D eigenvalue weighted by molar-refractivity contribution is 0.157. The van der Waals surface area contributed by atoms with Crippen molar-refractivity contribution in [3.8, 4) is 0 Å². The maximum Gasteiger partial charge on any atom is 0.194 e. The summed E-state index contributed by atoms with van der Waals surface area (Å²) < 4.78 is 40.3. The van der Waals surface area contributed by atoms with Gasteiger partial charge in [0.1, 0.15) is 0 Å². The van der Waals surface area contributed by atoms with Gasteiger partial charge in [0.25, 0.3) is 0 Å². The van der Waals surface area contributed by atoms with E-state index in [0.29, 0.717) is 5.56 Å². The Kier molecular flexibility index (Phi) is 8.05. The molecule has 0 nitrogen and oxygen atoms in total. The summed E-state index contributed by atoms with van der Waals surface area (Å²) in [6.07, 6.45) is 19.3. The van der Waals surface area contributed by atoms with Crippen molar-refractivity contribution in [1.82, 2.24) is 0 Å². The molecule has 0 aliphatic heterocycles. The molecule has 2 saturated carbocycles. The summed E-state index contributed by atoms with van der Waals surface area (Å²) in [5, 5.41) is 0. The third kappa shape index (κ3) is 5.64. The monoisotopic (exact) mass is 392 g/mol. The maximum atomic E-state index is 13.5. The molecule has 2 aliphatic rings. The van der Waals surface area contributed by atoms with Crippen LogP contribution in [0.3, 0.4) is 0 Å². The Balaban J connectivity index is 1.41. The smallest absolute Gasteiger partial charge is 0.194 e. The van der Waals surface area contributed by atoms with E-state index in [1.165, 1.54) is 63.5 Å². The van der Waals surface area contributed by atoms with Crippen LogP contribution in [-0.2, 0) is 0 Å². The van der Waals surface area contributed by atoms with Crippen LogP contribution >= 0.6 is 0 Å². The maximum absolute atomic E-state index is 13.5. The fraction of sp³-hybridized carbons (Fsp3) is 0.680. The van der Waals surface area contributed by atoms with Crippen molar-refractivity contribution in [2.75, 3.05) is 0 Å². The van der Waals surface area contributed by atoms with Gasteiger partial charge in [0.2, 0.25) is 0 Å². The number of allylic oxidation sites excluding steroid dienone is 2. The summed E-state index contributed by atoms with van der Waals surface area (Å²) in [4.78, 5) is 0. The van der Waals surface area contributed by atoms with Crippen molar-refractivity contribution < 1.29 is 13.2 Å². The Morgan fingerprint density at radius 1 is 0.786 bits per heavy atom. The number of hydrogen-bond acceptors (Lipinski definition) is 0. The van der Waals surface area contributed by atoms with Gasteiger partial charge in [-0.1, -0.05) is 38.3 Å². The molecule has 156 valence electrons. The molecule has 3 rings (SSSR count). The van der Waals surface area contributed by atoms with Crippen LogP contribution in [0.25, 0.3) is 0 Å². The van der Waals surface area contributed by atoms with E-state index in [1.807, 2.05) is 0 Å². The van der Waals surface area contributed by atoms with Gasteiger partial charge >= 0.3 is 0 Å². The second kappa shape index (κ2) is 10.5. The zero-order chi connectivity index (χ0) is 19.9. The highest BCUT2D eigenvalue weighted by Crippen LogP contribution is 2.44. The molecule has 0 saturated heterocycles. The first-order valence-corrected chi connectivity index (χ1v) is 11.4. The molecule has 0 N–H and O–H groups in total. The Morgan fingerprint density at radius 3 is 1.89 bits per heavy atom. The lowest BCUT2D eigenvalue weighted by atomic mass is 9.68. The molecule has 0 amide bonds. The molecule has 1 aromatic rings. The summed E-state index contributed by atoms with van der Waals surface area (Å²) in [6, 6.07) is 2.40. The normalized spacial score (nSPS) is 28.7. The van der Waals surface area contributed by atoms with Crippen molar-refractivity contribution in [2.45, 2.75) is 89.9 Å².